The first-order valence-corrected chi connectivity index (χ1v) is 6.60. The van der Waals surface area contributed by atoms with Gasteiger partial charge in [-0.2, -0.15) is 0 Å². The Morgan fingerprint density at radius 3 is 2.47 bits per heavy atom. The molecule has 0 saturated carbocycles. The first-order chi connectivity index (χ1) is 9.02. The standard InChI is InChI=1S/C15H19NO3/c1-10(12-6-4-3-5-7-12)14(17)16-9-8-13(11(16)2)15(18)19/h3-7,10-11,13H,8-9H2,1-2H3,(H,18,19). The van der Waals surface area contributed by atoms with Crippen molar-refractivity contribution in [2.45, 2.75) is 32.2 Å². The summed E-state index contributed by atoms with van der Waals surface area (Å²) in [4.78, 5) is 25.2. The number of hydrogen-bond acceptors (Lipinski definition) is 2. The lowest BCUT2D eigenvalue weighted by Crippen LogP contribution is -2.39. The second kappa shape index (κ2) is 5.43. The number of carboxylic acid groups (broad SMARTS) is 1. The fourth-order valence-electron chi connectivity index (χ4n) is 2.71. The molecule has 0 aromatic heterocycles. The maximum atomic E-state index is 12.5. The Morgan fingerprint density at radius 2 is 1.95 bits per heavy atom. The number of carbonyl (C=O) groups excluding carboxylic acids is 1. The Labute approximate surface area is 113 Å². The number of carboxylic acids is 1. The van der Waals surface area contributed by atoms with E-state index in [9.17, 15) is 9.59 Å². The first-order valence-electron chi connectivity index (χ1n) is 6.60. The number of carbonyl (C=O) groups is 2. The molecule has 0 radical (unpaired) electrons. The molecular weight excluding hydrogens is 242 g/mol. The van der Waals surface area contributed by atoms with Crippen molar-refractivity contribution in [3.8, 4) is 0 Å². The Kier molecular flexibility index (Phi) is 3.88. The van der Waals surface area contributed by atoms with Crippen molar-refractivity contribution in [3.05, 3.63) is 35.9 Å². The van der Waals surface area contributed by atoms with Gasteiger partial charge in [-0.25, -0.2) is 0 Å². The van der Waals surface area contributed by atoms with Crippen molar-refractivity contribution in [1.82, 2.24) is 4.90 Å². The highest BCUT2D eigenvalue weighted by molar-refractivity contribution is 5.85. The van der Waals surface area contributed by atoms with Crippen LogP contribution in [0.4, 0.5) is 0 Å². The molecule has 0 spiro atoms. The van der Waals surface area contributed by atoms with Crippen LogP contribution in [-0.2, 0) is 9.59 Å². The Hall–Kier alpha value is -1.84. The van der Waals surface area contributed by atoms with Crippen molar-refractivity contribution in [2.24, 2.45) is 5.92 Å². The predicted molar refractivity (Wildman–Crippen MR) is 71.8 cm³/mol. The highest BCUT2D eigenvalue weighted by Gasteiger charge is 2.39. The van der Waals surface area contributed by atoms with Crippen LogP contribution in [0.15, 0.2) is 30.3 Å². The van der Waals surface area contributed by atoms with Gasteiger partial charge in [0, 0.05) is 12.6 Å². The molecule has 4 nitrogen and oxygen atoms in total. The zero-order chi connectivity index (χ0) is 14.0. The molecule has 1 amide bonds. The van der Waals surface area contributed by atoms with Gasteiger partial charge in [-0.15, -0.1) is 0 Å². The number of amides is 1. The molecule has 0 aliphatic carbocycles. The van der Waals surface area contributed by atoms with E-state index < -0.39 is 11.9 Å². The van der Waals surface area contributed by atoms with Gasteiger partial charge in [-0.05, 0) is 25.8 Å². The van der Waals surface area contributed by atoms with E-state index in [4.69, 9.17) is 5.11 Å². The van der Waals surface area contributed by atoms with Crippen molar-refractivity contribution < 1.29 is 14.7 Å². The minimum Gasteiger partial charge on any atom is -0.481 e. The molecule has 1 fully saturated rings. The largest absolute Gasteiger partial charge is 0.481 e. The molecule has 1 aliphatic heterocycles. The minimum atomic E-state index is -0.810. The van der Waals surface area contributed by atoms with Crippen LogP contribution in [0.5, 0.6) is 0 Å². The molecule has 1 saturated heterocycles. The third kappa shape index (κ3) is 2.62. The lowest BCUT2D eigenvalue weighted by atomic mass is 9.98. The molecule has 3 atom stereocenters. The summed E-state index contributed by atoms with van der Waals surface area (Å²) in [5, 5.41) is 9.10. The molecule has 1 aliphatic rings. The van der Waals surface area contributed by atoms with E-state index in [0.717, 1.165) is 5.56 Å². The van der Waals surface area contributed by atoms with E-state index in [-0.39, 0.29) is 17.9 Å². The molecule has 1 heterocycles. The highest BCUT2D eigenvalue weighted by Crippen LogP contribution is 2.28. The normalized spacial score (nSPS) is 24.2. The molecule has 0 bridgehead atoms. The van der Waals surface area contributed by atoms with Crippen LogP contribution in [0.1, 0.15) is 31.7 Å². The zero-order valence-electron chi connectivity index (χ0n) is 11.2. The maximum absolute atomic E-state index is 12.5. The number of nitrogens with zero attached hydrogens (tertiary/aromatic N) is 1. The van der Waals surface area contributed by atoms with Gasteiger partial charge in [-0.1, -0.05) is 30.3 Å². The van der Waals surface area contributed by atoms with Gasteiger partial charge in [0.05, 0.1) is 11.8 Å². The molecule has 1 aromatic carbocycles. The van der Waals surface area contributed by atoms with Gasteiger partial charge >= 0.3 is 5.97 Å². The second-order valence-corrected chi connectivity index (χ2v) is 5.14. The fourth-order valence-corrected chi connectivity index (χ4v) is 2.71. The Morgan fingerprint density at radius 1 is 1.32 bits per heavy atom. The van der Waals surface area contributed by atoms with E-state index >= 15 is 0 Å². The highest BCUT2D eigenvalue weighted by atomic mass is 16.4. The van der Waals surface area contributed by atoms with E-state index in [1.54, 1.807) is 4.90 Å². The SMILES string of the molecule is CC(C(=O)N1CCC(C(=O)O)C1C)c1ccccc1. The summed E-state index contributed by atoms with van der Waals surface area (Å²) in [6.07, 6.45) is 0.545. The summed E-state index contributed by atoms with van der Waals surface area (Å²) in [5.41, 5.74) is 0.971. The average molecular weight is 261 g/mol. The van der Waals surface area contributed by atoms with Gasteiger partial charge in [0.25, 0.3) is 0 Å². The van der Waals surface area contributed by atoms with Crippen LogP contribution >= 0.6 is 0 Å². The summed E-state index contributed by atoms with van der Waals surface area (Å²) < 4.78 is 0. The Balaban J connectivity index is 2.11. The van der Waals surface area contributed by atoms with Gasteiger partial charge in [0.15, 0.2) is 0 Å². The smallest absolute Gasteiger partial charge is 0.308 e. The number of likely N-dealkylation sites (tertiary alicyclic amines) is 1. The van der Waals surface area contributed by atoms with Crippen molar-refractivity contribution >= 4 is 11.9 Å². The molecule has 1 aromatic rings. The quantitative estimate of drug-likeness (QED) is 0.906. The van der Waals surface area contributed by atoms with E-state index in [2.05, 4.69) is 0 Å². The maximum Gasteiger partial charge on any atom is 0.308 e. The molecule has 19 heavy (non-hydrogen) atoms. The third-order valence-electron chi connectivity index (χ3n) is 4.03. The van der Waals surface area contributed by atoms with Gasteiger partial charge in [0.2, 0.25) is 5.91 Å². The van der Waals surface area contributed by atoms with Crippen LogP contribution in [0, 0.1) is 5.92 Å². The van der Waals surface area contributed by atoms with Crippen LogP contribution in [0.2, 0.25) is 0 Å². The van der Waals surface area contributed by atoms with Crippen molar-refractivity contribution in [3.63, 3.8) is 0 Å². The van der Waals surface area contributed by atoms with Crippen LogP contribution in [0.3, 0.4) is 0 Å². The van der Waals surface area contributed by atoms with Crippen LogP contribution < -0.4 is 0 Å². The van der Waals surface area contributed by atoms with E-state index in [0.29, 0.717) is 13.0 Å². The van der Waals surface area contributed by atoms with Crippen molar-refractivity contribution in [1.29, 1.82) is 0 Å². The molecule has 3 unspecified atom stereocenters. The Bertz CT molecular complexity index is 472. The number of hydrogen-bond donors (Lipinski definition) is 1. The molecule has 102 valence electrons. The van der Waals surface area contributed by atoms with Gasteiger partial charge in [-0.3, -0.25) is 9.59 Å². The van der Waals surface area contributed by atoms with E-state index in [1.165, 1.54) is 0 Å². The number of aliphatic carboxylic acids is 1. The second-order valence-electron chi connectivity index (χ2n) is 5.14. The summed E-state index contributed by atoms with van der Waals surface area (Å²) in [6, 6.07) is 9.37. The topological polar surface area (TPSA) is 57.6 Å². The molecular formula is C15H19NO3. The zero-order valence-corrected chi connectivity index (χ0v) is 11.2. The average Bonchev–Trinajstić information content (AvgIpc) is 2.80. The molecule has 4 heteroatoms. The molecule has 2 rings (SSSR count). The first kappa shape index (κ1) is 13.6. The predicted octanol–water partition coefficient (Wildman–Crippen LogP) is 2.11. The summed E-state index contributed by atoms with van der Waals surface area (Å²) in [6.45, 7) is 4.23. The monoisotopic (exact) mass is 261 g/mol. The van der Waals surface area contributed by atoms with Crippen LogP contribution in [0.25, 0.3) is 0 Å². The van der Waals surface area contributed by atoms with Crippen molar-refractivity contribution in [2.75, 3.05) is 6.54 Å². The molecule has 1 N–H and O–H groups in total. The van der Waals surface area contributed by atoms with Crippen LogP contribution in [-0.4, -0.2) is 34.5 Å². The van der Waals surface area contributed by atoms with Gasteiger partial charge in [0.1, 0.15) is 0 Å². The van der Waals surface area contributed by atoms with E-state index in [1.807, 2.05) is 44.2 Å². The summed E-state index contributed by atoms with van der Waals surface area (Å²) >= 11 is 0. The minimum absolute atomic E-state index is 0.0162. The summed E-state index contributed by atoms with van der Waals surface area (Å²) in [5.74, 6) is -1.46. The lowest BCUT2D eigenvalue weighted by molar-refractivity contribution is -0.143. The lowest BCUT2D eigenvalue weighted by Gasteiger charge is -2.26. The number of rotatable bonds is 3. The number of benzene rings is 1. The summed E-state index contributed by atoms with van der Waals surface area (Å²) in [7, 11) is 0. The third-order valence-corrected chi connectivity index (χ3v) is 4.03. The fraction of sp³-hybridized carbons (Fsp3) is 0.467. The van der Waals surface area contributed by atoms with Gasteiger partial charge < -0.3 is 10.0 Å².